The first-order valence-electron chi connectivity index (χ1n) is 10.2. The van der Waals surface area contributed by atoms with Gasteiger partial charge in [-0.25, -0.2) is 4.68 Å². The summed E-state index contributed by atoms with van der Waals surface area (Å²) in [6, 6.07) is 10.3. The smallest absolute Gasteiger partial charge is 0.292 e. The van der Waals surface area contributed by atoms with Gasteiger partial charge in [0.1, 0.15) is 12.2 Å². The average Bonchev–Trinajstić information content (AvgIpc) is 3.62. The van der Waals surface area contributed by atoms with Gasteiger partial charge in [-0.1, -0.05) is 18.2 Å². The molecule has 0 atom stereocenters. The Morgan fingerprint density at radius 2 is 1.80 bits per heavy atom. The Labute approximate surface area is 178 Å². The predicted octanol–water partition coefficient (Wildman–Crippen LogP) is 1.19. The van der Waals surface area contributed by atoms with E-state index in [9.17, 15) is 14.4 Å². The number of thioether (sulfide) groups is 1. The summed E-state index contributed by atoms with van der Waals surface area (Å²) in [6.07, 6.45) is 3.45. The third kappa shape index (κ3) is 3.58. The molecule has 1 saturated heterocycles. The zero-order chi connectivity index (χ0) is 20.7. The van der Waals surface area contributed by atoms with E-state index in [1.54, 1.807) is 16.0 Å². The molecule has 156 valence electrons. The summed E-state index contributed by atoms with van der Waals surface area (Å²) in [5, 5.41) is 4.22. The van der Waals surface area contributed by atoms with E-state index in [-0.39, 0.29) is 30.0 Å². The number of benzene rings is 1. The standard InChI is InChI=1S/C21H23N5O3S/c27-18(24-10-8-23(9-11-24)15-4-2-1-3-5-15)13-25-21(29)20-17(12-22-25)30-14-19(28)26(20)16-6-7-16/h1-5,12,16H,6-11,13-14H2. The minimum Gasteiger partial charge on any atom is -0.368 e. The second-order valence-corrected chi connectivity index (χ2v) is 8.82. The van der Waals surface area contributed by atoms with Crippen LogP contribution in [-0.2, 0) is 16.1 Å². The Hall–Kier alpha value is -2.81. The van der Waals surface area contributed by atoms with E-state index < -0.39 is 0 Å². The van der Waals surface area contributed by atoms with E-state index in [0.29, 0.717) is 24.5 Å². The SMILES string of the molecule is O=C(Cn1ncc2c(c1=O)N(C1CC1)C(=O)CS2)N1CCN(c2ccccc2)CC1. The van der Waals surface area contributed by atoms with Gasteiger partial charge in [0.25, 0.3) is 5.56 Å². The van der Waals surface area contributed by atoms with Crippen LogP contribution in [0.5, 0.6) is 0 Å². The first-order valence-corrected chi connectivity index (χ1v) is 11.2. The van der Waals surface area contributed by atoms with Crippen molar-refractivity contribution in [3.63, 3.8) is 0 Å². The Morgan fingerprint density at radius 3 is 2.50 bits per heavy atom. The Balaban J connectivity index is 1.29. The lowest BCUT2D eigenvalue weighted by atomic mass is 10.2. The fourth-order valence-electron chi connectivity index (χ4n) is 4.04. The van der Waals surface area contributed by atoms with E-state index in [1.807, 2.05) is 18.2 Å². The third-order valence-corrected chi connectivity index (χ3v) is 6.80. The molecule has 2 fully saturated rings. The number of aromatic nitrogens is 2. The first-order chi connectivity index (χ1) is 14.6. The van der Waals surface area contributed by atoms with Crippen molar-refractivity contribution in [1.82, 2.24) is 14.7 Å². The number of fused-ring (bicyclic) bond motifs is 1. The first kappa shape index (κ1) is 19.2. The van der Waals surface area contributed by atoms with Gasteiger partial charge in [-0.05, 0) is 25.0 Å². The number of anilines is 2. The van der Waals surface area contributed by atoms with E-state index >= 15 is 0 Å². The molecule has 1 aromatic carbocycles. The molecule has 2 amide bonds. The lowest BCUT2D eigenvalue weighted by molar-refractivity contribution is -0.132. The minimum absolute atomic E-state index is 0.0341. The lowest BCUT2D eigenvalue weighted by Gasteiger charge is -2.36. The monoisotopic (exact) mass is 425 g/mol. The predicted molar refractivity (Wildman–Crippen MR) is 115 cm³/mol. The lowest BCUT2D eigenvalue weighted by Crippen LogP contribution is -2.50. The maximum Gasteiger partial charge on any atom is 0.292 e. The van der Waals surface area contributed by atoms with Crippen LogP contribution >= 0.6 is 11.8 Å². The molecule has 3 heterocycles. The highest BCUT2D eigenvalue weighted by Gasteiger charge is 2.39. The summed E-state index contributed by atoms with van der Waals surface area (Å²) in [5.41, 5.74) is 1.20. The molecule has 0 unspecified atom stereocenters. The Bertz CT molecular complexity index is 1030. The van der Waals surface area contributed by atoms with Crippen LogP contribution in [0.25, 0.3) is 0 Å². The molecular weight excluding hydrogens is 402 g/mol. The summed E-state index contributed by atoms with van der Waals surface area (Å²) in [6.45, 7) is 2.62. The summed E-state index contributed by atoms with van der Waals surface area (Å²) < 4.78 is 1.21. The van der Waals surface area contributed by atoms with Crippen molar-refractivity contribution in [2.45, 2.75) is 30.3 Å². The summed E-state index contributed by atoms with van der Waals surface area (Å²) in [7, 11) is 0. The zero-order valence-electron chi connectivity index (χ0n) is 16.6. The van der Waals surface area contributed by atoms with E-state index in [2.05, 4.69) is 22.1 Å². The van der Waals surface area contributed by atoms with E-state index in [1.165, 1.54) is 16.4 Å². The number of hydrogen-bond donors (Lipinski definition) is 0. The van der Waals surface area contributed by atoms with Gasteiger partial charge in [0, 0.05) is 37.9 Å². The van der Waals surface area contributed by atoms with E-state index in [4.69, 9.17) is 0 Å². The maximum absolute atomic E-state index is 13.1. The molecule has 9 heteroatoms. The van der Waals surface area contributed by atoms with Gasteiger partial charge in [0.2, 0.25) is 11.8 Å². The van der Waals surface area contributed by atoms with Crippen molar-refractivity contribution in [1.29, 1.82) is 0 Å². The topological polar surface area (TPSA) is 78.8 Å². The normalized spacial score (nSPS) is 19.1. The number of carbonyl (C=O) groups is 2. The van der Waals surface area contributed by atoms with Crippen molar-refractivity contribution >= 4 is 35.0 Å². The third-order valence-electron chi connectivity index (χ3n) is 5.80. The van der Waals surface area contributed by atoms with Crippen molar-refractivity contribution < 1.29 is 9.59 Å². The summed E-state index contributed by atoms with van der Waals surface area (Å²) >= 11 is 1.35. The number of piperazine rings is 1. The molecule has 1 saturated carbocycles. The number of nitrogens with zero attached hydrogens (tertiary/aromatic N) is 5. The van der Waals surface area contributed by atoms with Crippen LogP contribution in [0.15, 0.2) is 46.2 Å². The van der Waals surface area contributed by atoms with Gasteiger partial charge in [0.05, 0.1) is 16.8 Å². The summed E-state index contributed by atoms with van der Waals surface area (Å²) in [5.74, 6) is 0.178. The van der Waals surface area contributed by atoms with Crippen molar-refractivity contribution in [3.8, 4) is 0 Å². The molecule has 8 nitrogen and oxygen atoms in total. The molecule has 0 N–H and O–H groups in total. The molecule has 0 radical (unpaired) electrons. The fourth-order valence-corrected chi connectivity index (χ4v) is 4.90. The van der Waals surface area contributed by atoms with Crippen LogP contribution in [0.4, 0.5) is 11.4 Å². The molecule has 0 spiro atoms. The van der Waals surface area contributed by atoms with Crippen molar-refractivity contribution in [3.05, 3.63) is 46.9 Å². The van der Waals surface area contributed by atoms with Gasteiger partial charge in [-0.15, -0.1) is 11.8 Å². The van der Waals surface area contributed by atoms with Gasteiger partial charge >= 0.3 is 0 Å². The number of rotatable bonds is 4. The van der Waals surface area contributed by atoms with Gasteiger partial charge in [-0.3, -0.25) is 14.4 Å². The van der Waals surface area contributed by atoms with Crippen LogP contribution in [-0.4, -0.2) is 64.5 Å². The molecule has 1 aliphatic carbocycles. The van der Waals surface area contributed by atoms with Crippen LogP contribution < -0.4 is 15.4 Å². The number of hydrogen-bond acceptors (Lipinski definition) is 6. The average molecular weight is 426 g/mol. The van der Waals surface area contributed by atoms with E-state index in [0.717, 1.165) is 36.5 Å². The summed E-state index contributed by atoms with van der Waals surface area (Å²) in [4.78, 5) is 44.7. The molecule has 0 bridgehead atoms. The largest absolute Gasteiger partial charge is 0.368 e. The number of amides is 2. The molecule has 1 aromatic heterocycles. The number of carbonyl (C=O) groups excluding carboxylic acids is 2. The molecule has 30 heavy (non-hydrogen) atoms. The van der Waals surface area contributed by atoms with Crippen LogP contribution in [0.1, 0.15) is 12.8 Å². The van der Waals surface area contributed by atoms with Gasteiger partial charge in [-0.2, -0.15) is 5.10 Å². The molecule has 5 rings (SSSR count). The molecular formula is C21H23N5O3S. The second kappa shape index (κ2) is 7.79. The Kier molecular flexibility index (Phi) is 4.98. The highest BCUT2D eigenvalue weighted by atomic mass is 32.2. The van der Waals surface area contributed by atoms with Crippen LogP contribution in [0.3, 0.4) is 0 Å². The molecule has 2 aromatic rings. The number of para-hydroxylation sites is 1. The zero-order valence-corrected chi connectivity index (χ0v) is 17.4. The highest BCUT2D eigenvalue weighted by molar-refractivity contribution is 8.00. The van der Waals surface area contributed by atoms with Crippen molar-refractivity contribution in [2.24, 2.45) is 0 Å². The van der Waals surface area contributed by atoms with Crippen molar-refractivity contribution in [2.75, 3.05) is 41.7 Å². The van der Waals surface area contributed by atoms with Gasteiger partial charge in [0.15, 0.2) is 0 Å². The minimum atomic E-state index is -0.351. The Morgan fingerprint density at radius 1 is 1.07 bits per heavy atom. The highest BCUT2D eigenvalue weighted by Crippen LogP contribution is 2.39. The van der Waals surface area contributed by atoms with Crippen LogP contribution in [0.2, 0.25) is 0 Å². The van der Waals surface area contributed by atoms with Crippen LogP contribution in [0, 0.1) is 0 Å². The fraction of sp³-hybridized carbons (Fsp3) is 0.429. The molecule has 2 aliphatic heterocycles. The maximum atomic E-state index is 13.1. The quantitative estimate of drug-likeness (QED) is 0.732. The molecule has 3 aliphatic rings. The second-order valence-electron chi connectivity index (χ2n) is 7.81. The van der Waals surface area contributed by atoms with Gasteiger partial charge < -0.3 is 14.7 Å².